The number of allylic oxidation sites excluding steroid dienone is 1. The molecule has 42 heavy (non-hydrogen) atoms. The van der Waals surface area contributed by atoms with Gasteiger partial charge in [0.15, 0.2) is 5.78 Å². The molecule has 0 unspecified atom stereocenters. The maximum absolute atomic E-state index is 13.0. The van der Waals surface area contributed by atoms with Crippen LogP contribution in [0.1, 0.15) is 52.6 Å². The van der Waals surface area contributed by atoms with Crippen molar-refractivity contribution >= 4 is 56.9 Å². The quantitative estimate of drug-likeness (QED) is 0.131. The summed E-state index contributed by atoms with van der Waals surface area (Å²) in [5.74, 6) is -1.07. The Morgan fingerprint density at radius 2 is 1.45 bits per heavy atom. The van der Waals surface area contributed by atoms with E-state index < -0.39 is 0 Å². The van der Waals surface area contributed by atoms with Crippen molar-refractivity contribution in [3.8, 4) is 0 Å². The number of hydrogen-bond donors (Lipinski definition) is 1. The number of fused-ring (bicyclic) bond motifs is 1. The van der Waals surface area contributed by atoms with Gasteiger partial charge in [-0.2, -0.15) is 0 Å². The number of anilines is 2. The van der Waals surface area contributed by atoms with E-state index in [1.54, 1.807) is 72.8 Å². The van der Waals surface area contributed by atoms with Crippen molar-refractivity contribution in [2.45, 2.75) is 6.42 Å². The van der Waals surface area contributed by atoms with Crippen LogP contribution in [0.2, 0.25) is 0 Å². The molecule has 7 nitrogen and oxygen atoms in total. The second-order valence-electron chi connectivity index (χ2n) is 10.1. The third kappa shape index (κ3) is 6.24. The van der Waals surface area contributed by atoms with Crippen LogP contribution in [-0.4, -0.2) is 49.0 Å². The standard InChI is InChI=1S/C34H28BrN3O4/c1-37(2)27-15-7-22(8-16-27)9-18-31(39)23-10-13-26(14-11-23)36-32(40)25-12-17-30(35)24(21-25)19-20-38-33(41)28-5-3-4-6-29(28)34(38)42/h3-18,21H,19-20H2,1-2H3,(H,36,40)/b18-9+. The van der Waals surface area contributed by atoms with Crippen molar-refractivity contribution in [3.63, 3.8) is 0 Å². The van der Waals surface area contributed by atoms with Crippen molar-refractivity contribution in [1.82, 2.24) is 4.90 Å². The van der Waals surface area contributed by atoms with Gasteiger partial charge < -0.3 is 10.2 Å². The minimum absolute atomic E-state index is 0.139. The topological polar surface area (TPSA) is 86.8 Å². The van der Waals surface area contributed by atoms with E-state index in [4.69, 9.17) is 0 Å². The van der Waals surface area contributed by atoms with Gasteiger partial charge in [-0.3, -0.25) is 24.1 Å². The molecule has 1 aliphatic rings. The summed E-state index contributed by atoms with van der Waals surface area (Å²) in [5.41, 5.74) is 5.11. The molecule has 0 aromatic heterocycles. The molecule has 210 valence electrons. The minimum Gasteiger partial charge on any atom is -0.378 e. The number of nitrogens with one attached hydrogen (secondary N) is 1. The number of rotatable bonds is 9. The molecule has 0 saturated heterocycles. The molecule has 1 N–H and O–H groups in total. The molecule has 0 radical (unpaired) electrons. The second-order valence-corrected chi connectivity index (χ2v) is 10.9. The van der Waals surface area contributed by atoms with E-state index >= 15 is 0 Å². The monoisotopic (exact) mass is 621 g/mol. The third-order valence-electron chi connectivity index (χ3n) is 7.05. The van der Waals surface area contributed by atoms with Gasteiger partial charge in [0, 0.05) is 47.6 Å². The van der Waals surface area contributed by atoms with E-state index in [-0.39, 0.29) is 30.0 Å². The number of halogens is 1. The molecule has 0 spiro atoms. The first kappa shape index (κ1) is 28.7. The van der Waals surface area contributed by atoms with E-state index in [0.29, 0.717) is 34.4 Å². The van der Waals surface area contributed by atoms with Gasteiger partial charge in [0.05, 0.1) is 11.1 Å². The van der Waals surface area contributed by atoms with Gasteiger partial charge in [0.2, 0.25) is 0 Å². The number of carbonyl (C=O) groups excluding carboxylic acids is 4. The summed E-state index contributed by atoms with van der Waals surface area (Å²) in [5, 5.41) is 2.86. The van der Waals surface area contributed by atoms with Crippen LogP contribution < -0.4 is 10.2 Å². The van der Waals surface area contributed by atoms with E-state index in [1.807, 2.05) is 43.3 Å². The van der Waals surface area contributed by atoms with Crippen LogP contribution >= 0.6 is 15.9 Å². The van der Waals surface area contributed by atoms with Crippen LogP contribution in [0.4, 0.5) is 11.4 Å². The molecule has 0 saturated carbocycles. The molecular weight excluding hydrogens is 594 g/mol. The lowest BCUT2D eigenvalue weighted by molar-refractivity contribution is 0.0655. The predicted molar refractivity (Wildman–Crippen MR) is 168 cm³/mol. The van der Waals surface area contributed by atoms with Gasteiger partial charge in [0.25, 0.3) is 17.7 Å². The maximum atomic E-state index is 13.0. The number of carbonyl (C=O) groups is 4. The fourth-order valence-electron chi connectivity index (χ4n) is 4.65. The zero-order valence-electron chi connectivity index (χ0n) is 23.1. The zero-order valence-corrected chi connectivity index (χ0v) is 24.7. The lowest BCUT2D eigenvalue weighted by Gasteiger charge is -2.15. The van der Waals surface area contributed by atoms with Gasteiger partial charge in [-0.05, 0) is 90.4 Å². The summed E-state index contributed by atoms with van der Waals surface area (Å²) < 4.78 is 0.778. The Morgan fingerprint density at radius 1 is 0.833 bits per heavy atom. The van der Waals surface area contributed by atoms with E-state index in [9.17, 15) is 19.2 Å². The molecule has 5 rings (SSSR count). The Bertz CT molecular complexity index is 1680. The Morgan fingerprint density at radius 3 is 2.07 bits per heavy atom. The van der Waals surface area contributed by atoms with Gasteiger partial charge in [-0.15, -0.1) is 0 Å². The first-order valence-corrected chi connectivity index (χ1v) is 14.2. The SMILES string of the molecule is CN(C)c1ccc(/C=C/C(=O)c2ccc(NC(=O)c3ccc(Br)c(CCN4C(=O)c5ccccc5C4=O)c3)cc2)cc1. The highest BCUT2D eigenvalue weighted by atomic mass is 79.9. The number of imide groups is 1. The van der Waals surface area contributed by atoms with E-state index in [1.165, 1.54) is 11.0 Å². The van der Waals surface area contributed by atoms with Crippen LogP contribution in [0.5, 0.6) is 0 Å². The van der Waals surface area contributed by atoms with Crippen LogP contribution in [0.15, 0.2) is 102 Å². The fraction of sp³-hybridized carbons (Fsp3) is 0.118. The first-order valence-electron chi connectivity index (χ1n) is 13.4. The smallest absolute Gasteiger partial charge is 0.261 e. The predicted octanol–water partition coefficient (Wildman–Crippen LogP) is 6.50. The molecule has 0 fully saturated rings. The van der Waals surface area contributed by atoms with Gasteiger partial charge in [-0.1, -0.05) is 46.3 Å². The summed E-state index contributed by atoms with van der Waals surface area (Å²) in [6.45, 7) is 0.196. The summed E-state index contributed by atoms with van der Waals surface area (Å²) in [7, 11) is 3.95. The van der Waals surface area contributed by atoms with Crippen molar-refractivity contribution in [1.29, 1.82) is 0 Å². The van der Waals surface area contributed by atoms with Crippen LogP contribution in [-0.2, 0) is 6.42 Å². The molecule has 1 heterocycles. The van der Waals surface area contributed by atoms with Crippen molar-refractivity contribution in [2.75, 3.05) is 30.9 Å². The van der Waals surface area contributed by atoms with Crippen LogP contribution in [0.3, 0.4) is 0 Å². The van der Waals surface area contributed by atoms with Gasteiger partial charge in [-0.25, -0.2) is 0 Å². The van der Waals surface area contributed by atoms with Gasteiger partial charge >= 0.3 is 0 Å². The fourth-order valence-corrected chi connectivity index (χ4v) is 5.10. The Hall–Kier alpha value is -4.82. The number of hydrogen-bond acceptors (Lipinski definition) is 5. The number of ketones is 1. The molecule has 0 bridgehead atoms. The molecule has 1 aliphatic heterocycles. The zero-order chi connectivity index (χ0) is 29.8. The molecule has 4 aromatic carbocycles. The molecule has 3 amide bonds. The van der Waals surface area contributed by atoms with E-state index in [2.05, 4.69) is 21.2 Å². The van der Waals surface area contributed by atoms with E-state index in [0.717, 1.165) is 21.3 Å². The van der Waals surface area contributed by atoms with Crippen molar-refractivity contribution in [3.05, 3.63) is 135 Å². The Balaban J connectivity index is 1.19. The summed E-state index contributed by atoms with van der Waals surface area (Å²) in [6.07, 6.45) is 3.69. The minimum atomic E-state index is -0.315. The van der Waals surface area contributed by atoms with Crippen LogP contribution in [0, 0.1) is 0 Å². The lowest BCUT2D eigenvalue weighted by Crippen LogP contribution is -2.31. The largest absolute Gasteiger partial charge is 0.378 e. The summed E-state index contributed by atoms with van der Waals surface area (Å²) >= 11 is 3.51. The average Bonchev–Trinajstić information content (AvgIpc) is 3.24. The Labute approximate surface area is 252 Å². The first-order chi connectivity index (χ1) is 20.2. The molecule has 0 atom stereocenters. The average molecular weight is 623 g/mol. The second kappa shape index (κ2) is 12.4. The third-order valence-corrected chi connectivity index (χ3v) is 7.83. The highest BCUT2D eigenvalue weighted by molar-refractivity contribution is 9.10. The maximum Gasteiger partial charge on any atom is 0.261 e. The van der Waals surface area contributed by atoms with Crippen molar-refractivity contribution < 1.29 is 19.2 Å². The molecular formula is C34H28BrN3O4. The summed E-state index contributed by atoms with van der Waals surface area (Å²) in [4.78, 5) is 54.3. The normalized spacial score (nSPS) is 12.5. The highest BCUT2D eigenvalue weighted by Gasteiger charge is 2.34. The molecule has 8 heteroatoms. The number of benzene rings is 4. The molecule has 0 aliphatic carbocycles. The lowest BCUT2D eigenvalue weighted by atomic mass is 10.1. The molecule has 4 aromatic rings. The van der Waals surface area contributed by atoms with Crippen LogP contribution in [0.25, 0.3) is 6.08 Å². The van der Waals surface area contributed by atoms with Gasteiger partial charge in [0.1, 0.15) is 0 Å². The number of nitrogens with zero attached hydrogens (tertiary/aromatic N) is 2. The Kier molecular flexibility index (Phi) is 8.45. The van der Waals surface area contributed by atoms with Crippen molar-refractivity contribution in [2.24, 2.45) is 0 Å². The highest BCUT2D eigenvalue weighted by Crippen LogP contribution is 2.25. The summed E-state index contributed by atoms with van der Waals surface area (Å²) in [6, 6.07) is 26.6. The number of amides is 3.